The predicted octanol–water partition coefficient (Wildman–Crippen LogP) is -3.69. The minimum Gasteiger partial charge on any atom is -0.508 e. The summed E-state index contributed by atoms with van der Waals surface area (Å²) >= 11 is 0. The third kappa shape index (κ3) is 29.6. The Morgan fingerprint density at radius 2 is 1.22 bits per heavy atom. The summed E-state index contributed by atoms with van der Waals surface area (Å²) in [6.07, 6.45) is -6.99. The molecule has 0 unspecified atom stereocenters. The number of amides is 15. The summed E-state index contributed by atoms with van der Waals surface area (Å²) in [5.41, 5.74) is 13.2. The van der Waals surface area contributed by atoms with Crippen LogP contribution in [0.3, 0.4) is 0 Å². The molecule has 1 aromatic heterocycles. The highest BCUT2D eigenvalue weighted by Gasteiger charge is 2.46. The number of nitrogens with two attached hydrogens (primary N) is 2. The second-order valence-corrected chi connectivity index (χ2v) is 34.0. The van der Waals surface area contributed by atoms with E-state index < -0.39 is 279 Å². The molecule has 5 fully saturated rings. The molecule has 23 N–H and O–H groups in total. The van der Waals surface area contributed by atoms with Crippen LogP contribution in [0.5, 0.6) is 5.75 Å². The number of nitrogens with one attached hydrogen (secondary N) is 16. The van der Waals surface area contributed by atoms with Crippen LogP contribution in [0, 0.1) is 17.2 Å². The van der Waals surface area contributed by atoms with Crippen molar-refractivity contribution in [3.8, 4) is 5.75 Å². The number of esters is 2. The lowest BCUT2D eigenvalue weighted by molar-refractivity contribution is -0.154. The van der Waals surface area contributed by atoms with E-state index in [0.29, 0.717) is 22.0 Å². The van der Waals surface area contributed by atoms with Gasteiger partial charge in [-0.25, -0.2) is 4.79 Å². The second kappa shape index (κ2) is 48.0. The minimum absolute atomic E-state index is 0.00589. The average molecular weight is 1830 g/mol. The van der Waals surface area contributed by atoms with Crippen LogP contribution >= 0.6 is 0 Å². The van der Waals surface area contributed by atoms with Crippen molar-refractivity contribution < 1.29 is 116 Å². The number of nitrogens with zero attached hydrogens (tertiary/aromatic N) is 2. The molecule has 9 rings (SSSR count). The van der Waals surface area contributed by atoms with Crippen LogP contribution in [0.2, 0.25) is 0 Å². The average Bonchev–Trinajstić information content (AvgIpc) is 1.70. The monoisotopic (exact) mass is 1830 g/mol. The van der Waals surface area contributed by atoms with Gasteiger partial charge < -0.3 is 125 Å². The molecule has 5 aliphatic heterocycles. The number of phenols is 1. The standard InChI is InChI=1S/C87H118N20O24/c1-44(2)36-57-75(117)95-55-29-31-68(112)130-43-63-80(122)99-61(78(120)97-57)41-69(113)131-46(5)71(105-79(121)59(39-49-42-93-53-19-10-9-18-51(49)53)100-81(123)65-23-15-35-107(65)85(127)70(45(3)4)104-72(114)52(88)28-30-67(110)111)83(125)101-58(37-48-24-26-50(108)27-25-48)76(118)94-54(73(115)102-62(38-47-16-7-6-8-17-47)84(126)106-34-14-22-64(106)82(124)103-63)20-11-12-32-91-66(109)40-60(98-74(55)116)77(119)96-56(86(128)129)21-13-33-92-87(89)90/h6-10,16-19,24-27,42,44-46,52,54-65,70-71,93,108H,11-15,20-23,28-41,43,88H2,1-5H3,(H,91,109)(H,94,118)(H,95,117)(H,96,119)(H,97,120)(H,98,116)(H,99,122)(H,100,123)(H,101,125)(H,102,115)(H,103,124)(H,104,114)(H,105,121)(H,110,111)(H,128,129)(H4,89,90,92)/t46-,52+,54+,55+,56+,57+,58+,59+,60+,61+,62+,63+,64+,65+,70+,71+/m1/s1. The number of rotatable bonds is 26. The summed E-state index contributed by atoms with van der Waals surface area (Å²) in [6.45, 7) is 5.97. The number of phenolic OH excluding ortho intramolecular Hbond substituents is 1. The van der Waals surface area contributed by atoms with E-state index in [1.807, 2.05) is 0 Å². The lowest BCUT2D eigenvalue weighted by atomic mass is 10.00. The number of ether oxygens (including phenoxy) is 2. The lowest BCUT2D eigenvalue weighted by Crippen LogP contribution is -2.63. The van der Waals surface area contributed by atoms with E-state index in [4.69, 9.17) is 26.4 Å². The zero-order valence-electron chi connectivity index (χ0n) is 73.4. The van der Waals surface area contributed by atoms with Gasteiger partial charge in [0.15, 0.2) is 5.96 Å². The second-order valence-electron chi connectivity index (χ2n) is 34.0. The number of carboxylic acids is 2. The molecule has 6 heterocycles. The minimum atomic E-state index is -2.26. The Bertz CT molecular complexity index is 4860. The molecule has 44 nitrogen and oxygen atoms in total. The lowest BCUT2D eigenvalue weighted by Gasteiger charge is -2.32. The van der Waals surface area contributed by atoms with Gasteiger partial charge in [-0.1, -0.05) is 88.4 Å². The molecule has 0 spiro atoms. The van der Waals surface area contributed by atoms with Crippen LogP contribution in [0.15, 0.2) is 85.1 Å². The highest BCUT2D eigenvalue weighted by Crippen LogP contribution is 2.26. The molecule has 3 aromatic carbocycles. The van der Waals surface area contributed by atoms with Gasteiger partial charge in [-0.15, -0.1) is 0 Å². The molecule has 44 heteroatoms. The van der Waals surface area contributed by atoms with Gasteiger partial charge in [-0.05, 0) is 131 Å². The number of para-hydroxylation sites is 1. The van der Waals surface area contributed by atoms with E-state index in [2.05, 4.69) is 79.4 Å². The summed E-state index contributed by atoms with van der Waals surface area (Å²) in [6, 6.07) is -6.01. The SMILES string of the molecule is CC(C)C[C@@H]1NC(=O)[C@@H]2CC(=O)O[C@H](C)[C@H](NC(=O)[C@H](Cc3c[nH]c4ccccc34)NC(=O)[C@@H]3CCCN3C(=O)[C@@H](NC(=O)[C@@H](N)CCC(=O)O)C(C)C)C(=O)N[C@@H](Cc3ccc(O)cc3)C(=O)N[C@H]3CCCCNC(=O)C[C@@H](C(=O)N[C@@H](CCCNC(=N)N)C(=O)O)NC(=O)[C@H](CCC(=O)OC[C@H](NC(=O)[C@@H]4CCCN4C(=O)[C@H](Cc4ccccc4)NC3=O)C(=O)N2)NC1=O. The maximum atomic E-state index is 16.0. The molecule has 0 saturated carbocycles. The Balaban J connectivity index is 1.19. The van der Waals surface area contributed by atoms with E-state index >= 15 is 52.7 Å². The van der Waals surface area contributed by atoms with Gasteiger partial charge in [-0.2, -0.15) is 0 Å². The Hall–Kier alpha value is -13.8. The first-order valence-electron chi connectivity index (χ1n) is 43.8. The number of fused-ring (bicyclic) bond motifs is 13. The third-order valence-corrected chi connectivity index (χ3v) is 23.1. The molecule has 5 aliphatic rings. The fourth-order valence-corrected chi connectivity index (χ4v) is 16.0. The number of carboxylic acid groups (broad SMARTS) is 2. The van der Waals surface area contributed by atoms with Gasteiger partial charge in [0, 0.05) is 75.4 Å². The Morgan fingerprint density at radius 1 is 0.603 bits per heavy atom. The zero-order chi connectivity index (χ0) is 95.4. The molecular weight excluding hydrogens is 1710 g/mol. The number of carbonyl (C=O) groups is 19. The van der Waals surface area contributed by atoms with Crippen molar-refractivity contribution in [2.75, 3.05) is 32.8 Å². The largest absolute Gasteiger partial charge is 0.508 e. The number of guanidine groups is 1. The number of cyclic esters (lactones) is 1. The smallest absolute Gasteiger partial charge is 0.326 e. The van der Waals surface area contributed by atoms with Gasteiger partial charge in [0.1, 0.15) is 103 Å². The highest BCUT2D eigenvalue weighted by molar-refractivity contribution is 6.03. The molecule has 5 saturated heterocycles. The van der Waals surface area contributed by atoms with Gasteiger partial charge in [-0.3, -0.25) is 91.7 Å². The van der Waals surface area contributed by atoms with Crippen molar-refractivity contribution in [3.05, 3.63) is 102 Å². The van der Waals surface area contributed by atoms with Crippen molar-refractivity contribution in [3.63, 3.8) is 0 Å². The van der Waals surface area contributed by atoms with E-state index in [1.54, 1.807) is 88.5 Å². The first-order chi connectivity index (χ1) is 62.3. The number of H-pyrrole nitrogens is 1. The molecule has 16 atom stereocenters. The number of carbonyl (C=O) groups excluding carboxylic acids is 17. The summed E-state index contributed by atoms with van der Waals surface area (Å²) < 4.78 is 11.7. The van der Waals surface area contributed by atoms with E-state index in [0.717, 1.165) is 11.8 Å². The summed E-state index contributed by atoms with van der Waals surface area (Å²) in [5.74, 6) is -23.9. The van der Waals surface area contributed by atoms with E-state index in [-0.39, 0.29) is 115 Å². The van der Waals surface area contributed by atoms with Crippen LogP contribution in [0.25, 0.3) is 10.9 Å². The number of aromatic nitrogens is 1. The van der Waals surface area contributed by atoms with Crippen molar-refractivity contribution in [2.24, 2.45) is 23.3 Å². The van der Waals surface area contributed by atoms with Gasteiger partial charge in [0.05, 0.1) is 18.9 Å². The van der Waals surface area contributed by atoms with Gasteiger partial charge >= 0.3 is 23.9 Å². The molecular formula is C87H118N20O24. The maximum absolute atomic E-state index is 16.0. The molecule has 710 valence electrons. The van der Waals surface area contributed by atoms with Gasteiger partial charge in [0.25, 0.3) is 0 Å². The summed E-state index contributed by atoms with van der Waals surface area (Å²) in [5, 5.41) is 74.0. The number of benzene rings is 3. The third-order valence-electron chi connectivity index (χ3n) is 23.1. The molecule has 4 aromatic rings. The quantitative estimate of drug-likeness (QED) is 0.0125. The predicted molar refractivity (Wildman–Crippen MR) is 464 cm³/mol. The summed E-state index contributed by atoms with van der Waals surface area (Å²) in [4.78, 5) is 286. The number of hydrogen-bond donors (Lipinski definition) is 21. The topological polar surface area (TPSA) is 670 Å². The van der Waals surface area contributed by atoms with Crippen LogP contribution in [0.4, 0.5) is 0 Å². The Kier molecular flexibility index (Phi) is 37.0. The first kappa shape index (κ1) is 101. The normalized spacial score (nSPS) is 24.4. The molecule has 15 amide bonds. The first-order valence-corrected chi connectivity index (χ1v) is 43.8. The van der Waals surface area contributed by atoms with Gasteiger partial charge in [0.2, 0.25) is 88.6 Å². The van der Waals surface area contributed by atoms with E-state index in [1.165, 1.54) is 29.2 Å². The van der Waals surface area contributed by atoms with Crippen molar-refractivity contribution in [1.29, 1.82) is 5.41 Å². The molecule has 0 radical (unpaired) electrons. The van der Waals surface area contributed by atoms with Crippen molar-refractivity contribution in [2.45, 2.75) is 253 Å². The molecule has 0 aliphatic carbocycles. The molecule has 131 heavy (non-hydrogen) atoms. The van der Waals surface area contributed by atoms with Crippen LogP contribution in [0.1, 0.15) is 154 Å². The Labute approximate surface area is 753 Å². The number of aromatic amines is 1. The van der Waals surface area contributed by atoms with Crippen molar-refractivity contribution in [1.82, 2.24) is 89.2 Å². The number of aliphatic carboxylic acids is 2. The van der Waals surface area contributed by atoms with Crippen LogP contribution < -0.4 is 85.9 Å². The number of aromatic hydroxyl groups is 1. The van der Waals surface area contributed by atoms with E-state index in [9.17, 15) is 53.7 Å². The number of likely N-dealkylation sites (tertiary alicyclic amines) is 1. The van der Waals surface area contributed by atoms with Crippen LogP contribution in [-0.4, -0.2) is 278 Å². The Morgan fingerprint density at radius 3 is 1.92 bits per heavy atom. The fraction of sp³-hybridized carbons (Fsp3) is 0.540. The summed E-state index contributed by atoms with van der Waals surface area (Å²) in [7, 11) is 0. The fourth-order valence-electron chi connectivity index (χ4n) is 16.0. The van der Waals surface area contributed by atoms with Crippen molar-refractivity contribution >= 4 is 129 Å². The maximum Gasteiger partial charge on any atom is 0.326 e. The van der Waals surface area contributed by atoms with Crippen LogP contribution in [-0.2, 0) is 120 Å². The molecule has 4 bridgehead atoms. The number of hydrogen-bond acceptors (Lipinski definition) is 24. The zero-order valence-corrected chi connectivity index (χ0v) is 73.4. The highest BCUT2D eigenvalue weighted by atomic mass is 16.5.